The molecule has 1 aliphatic heterocycles. The monoisotopic (exact) mass is 240 g/mol. The van der Waals surface area contributed by atoms with E-state index < -0.39 is 11.7 Å². The van der Waals surface area contributed by atoms with Crippen molar-refractivity contribution in [3.63, 3.8) is 0 Å². The molecule has 0 bridgehead atoms. The summed E-state index contributed by atoms with van der Waals surface area (Å²) in [6, 6.07) is 4.19. The Morgan fingerprint density at radius 3 is 2.94 bits per heavy atom. The summed E-state index contributed by atoms with van der Waals surface area (Å²) in [5.74, 6) is 0.0282. The van der Waals surface area contributed by atoms with E-state index in [0.717, 1.165) is 0 Å². The molecule has 0 radical (unpaired) electrons. The third-order valence-electron chi connectivity index (χ3n) is 3.49. The molecule has 0 fully saturated rings. The molecule has 0 saturated heterocycles. The van der Waals surface area contributed by atoms with Crippen LogP contribution in [0.15, 0.2) is 18.2 Å². The molecule has 0 spiro atoms. The van der Waals surface area contributed by atoms with E-state index in [0.29, 0.717) is 17.7 Å². The van der Waals surface area contributed by atoms with E-state index >= 15 is 0 Å². The number of ether oxygens (including phenoxy) is 2. The van der Waals surface area contributed by atoms with Gasteiger partial charge in [-0.2, -0.15) is 0 Å². The minimum atomic E-state index is -0.651. The van der Waals surface area contributed by atoms with E-state index in [1.807, 2.05) is 13.8 Å². The number of aliphatic hydroxyl groups is 1. The maximum atomic E-state index is 13.2. The van der Waals surface area contributed by atoms with Crippen molar-refractivity contribution in [2.75, 3.05) is 7.11 Å². The van der Waals surface area contributed by atoms with Crippen molar-refractivity contribution in [1.82, 2.24) is 0 Å². The van der Waals surface area contributed by atoms with Crippen molar-refractivity contribution in [2.24, 2.45) is 0 Å². The van der Waals surface area contributed by atoms with Gasteiger partial charge >= 0.3 is 0 Å². The van der Waals surface area contributed by atoms with Crippen LogP contribution in [0.4, 0.5) is 4.39 Å². The van der Waals surface area contributed by atoms with Gasteiger partial charge in [0.05, 0.1) is 12.2 Å². The lowest BCUT2D eigenvalue weighted by Gasteiger charge is -2.41. The number of fused-ring (bicyclic) bond motifs is 1. The first-order chi connectivity index (χ1) is 7.96. The SMILES string of the molecule is COC(C)C1(C)CC(O)c2ccc(F)cc2O1. The second-order valence-corrected chi connectivity index (χ2v) is 4.69. The maximum Gasteiger partial charge on any atom is 0.135 e. The Kier molecular flexibility index (Phi) is 3.10. The fraction of sp³-hybridized carbons (Fsp3) is 0.538. The van der Waals surface area contributed by atoms with Crippen molar-refractivity contribution in [2.45, 2.75) is 38.1 Å². The second-order valence-electron chi connectivity index (χ2n) is 4.69. The Bertz CT molecular complexity index is 421. The highest BCUT2D eigenvalue weighted by Gasteiger charge is 2.41. The van der Waals surface area contributed by atoms with E-state index in [2.05, 4.69) is 0 Å². The van der Waals surface area contributed by atoms with Crippen molar-refractivity contribution in [1.29, 1.82) is 0 Å². The molecule has 2 rings (SSSR count). The Balaban J connectivity index is 2.37. The van der Waals surface area contributed by atoms with Crippen LogP contribution in [0.5, 0.6) is 5.75 Å². The van der Waals surface area contributed by atoms with E-state index in [4.69, 9.17) is 9.47 Å². The van der Waals surface area contributed by atoms with Crippen LogP contribution in [-0.4, -0.2) is 23.9 Å². The number of benzene rings is 1. The third kappa shape index (κ3) is 2.15. The van der Waals surface area contributed by atoms with Crippen LogP contribution in [0.1, 0.15) is 31.9 Å². The normalized spacial score (nSPS) is 29.4. The Morgan fingerprint density at radius 2 is 2.29 bits per heavy atom. The Labute approximate surface area is 100 Å². The minimum Gasteiger partial charge on any atom is -0.484 e. The molecule has 1 aliphatic rings. The Hall–Kier alpha value is -1.13. The number of hydrogen-bond donors (Lipinski definition) is 1. The third-order valence-corrected chi connectivity index (χ3v) is 3.49. The number of aliphatic hydroxyl groups excluding tert-OH is 1. The second kappa shape index (κ2) is 4.27. The van der Waals surface area contributed by atoms with Gasteiger partial charge < -0.3 is 14.6 Å². The zero-order valence-electron chi connectivity index (χ0n) is 10.2. The van der Waals surface area contributed by atoms with Gasteiger partial charge in [-0.3, -0.25) is 0 Å². The van der Waals surface area contributed by atoms with Gasteiger partial charge in [0, 0.05) is 25.2 Å². The van der Waals surface area contributed by atoms with Crippen LogP contribution in [0.2, 0.25) is 0 Å². The van der Waals surface area contributed by atoms with Crippen molar-refractivity contribution < 1.29 is 19.0 Å². The molecule has 94 valence electrons. The highest BCUT2D eigenvalue weighted by atomic mass is 19.1. The first-order valence-corrected chi connectivity index (χ1v) is 5.65. The summed E-state index contributed by atoms with van der Waals surface area (Å²) >= 11 is 0. The molecule has 1 aromatic rings. The van der Waals surface area contributed by atoms with Gasteiger partial charge in [-0.1, -0.05) is 0 Å². The summed E-state index contributed by atoms with van der Waals surface area (Å²) in [5, 5.41) is 10.1. The largest absolute Gasteiger partial charge is 0.484 e. The molecule has 0 aliphatic carbocycles. The van der Waals surface area contributed by atoms with Crippen LogP contribution < -0.4 is 4.74 Å². The smallest absolute Gasteiger partial charge is 0.135 e. The molecule has 0 saturated carbocycles. The van der Waals surface area contributed by atoms with Gasteiger partial charge in [0.2, 0.25) is 0 Å². The van der Waals surface area contributed by atoms with Gasteiger partial charge in [0.1, 0.15) is 17.2 Å². The fourth-order valence-corrected chi connectivity index (χ4v) is 2.16. The first kappa shape index (κ1) is 12.3. The molecule has 3 atom stereocenters. The molecule has 4 heteroatoms. The quantitative estimate of drug-likeness (QED) is 0.862. The molecule has 0 aromatic heterocycles. The lowest BCUT2D eigenvalue weighted by Crippen LogP contribution is -2.47. The number of methoxy groups -OCH3 is 1. The fourth-order valence-electron chi connectivity index (χ4n) is 2.16. The zero-order chi connectivity index (χ0) is 12.6. The average Bonchev–Trinajstić information content (AvgIpc) is 2.26. The van der Waals surface area contributed by atoms with Crippen molar-refractivity contribution in [3.05, 3.63) is 29.6 Å². The zero-order valence-corrected chi connectivity index (χ0v) is 10.2. The van der Waals surface area contributed by atoms with Crippen molar-refractivity contribution in [3.8, 4) is 5.75 Å². The molecule has 1 N–H and O–H groups in total. The average molecular weight is 240 g/mol. The number of halogens is 1. The van der Waals surface area contributed by atoms with Crippen molar-refractivity contribution >= 4 is 0 Å². The summed E-state index contributed by atoms with van der Waals surface area (Å²) in [4.78, 5) is 0. The lowest BCUT2D eigenvalue weighted by molar-refractivity contribution is -0.0920. The maximum absolute atomic E-state index is 13.2. The van der Waals surface area contributed by atoms with Crippen LogP contribution in [0.25, 0.3) is 0 Å². The summed E-state index contributed by atoms with van der Waals surface area (Å²) in [6.45, 7) is 3.73. The molecule has 17 heavy (non-hydrogen) atoms. The summed E-state index contributed by atoms with van der Waals surface area (Å²) < 4.78 is 24.2. The summed E-state index contributed by atoms with van der Waals surface area (Å²) in [6.07, 6.45) is -0.406. The molecule has 0 amide bonds. The van der Waals surface area contributed by atoms with Gasteiger partial charge in [-0.05, 0) is 26.0 Å². The first-order valence-electron chi connectivity index (χ1n) is 5.65. The number of hydrogen-bond acceptors (Lipinski definition) is 3. The summed E-state index contributed by atoms with van der Waals surface area (Å²) in [7, 11) is 1.59. The van der Waals surface area contributed by atoms with Crippen LogP contribution in [-0.2, 0) is 4.74 Å². The van der Waals surface area contributed by atoms with Gasteiger partial charge in [-0.25, -0.2) is 4.39 Å². The van der Waals surface area contributed by atoms with E-state index in [-0.39, 0.29) is 11.9 Å². The van der Waals surface area contributed by atoms with Gasteiger partial charge in [-0.15, -0.1) is 0 Å². The summed E-state index contributed by atoms with van der Waals surface area (Å²) in [5.41, 5.74) is -0.0122. The number of rotatable bonds is 2. The molecule has 1 aromatic carbocycles. The predicted molar refractivity (Wildman–Crippen MR) is 61.5 cm³/mol. The molecular weight excluding hydrogens is 223 g/mol. The van der Waals surface area contributed by atoms with Crippen LogP contribution in [0, 0.1) is 5.82 Å². The minimum absolute atomic E-state index is 0.187. The molecular formula is C13H17FO3. The van der Waals surface area contributed by atoms with E-state index in [9.17, 15) is 9.50 Å². The van der Waals surface area contributed by atoms with E-state index in [1.54, 1.807) is 13.2 Å². The Morgan fingerprint density at radius 1 is 1.59 bits per heavy atom. The van der Waals surface area contributed by atoms with Crippen LogP contribution >= 0.6 is 0 Å². The van der Waals surface area contributed by atoms with E-state index in [1.165, 1.54) is 12.1 Å². The molecule has 3 nitrogen and oxygen atoms in total. The molecule has 1 heterocycles. The van der Waals surface area contributed by atoms with Gasteiger partial charge in [0.15, 0.2) is 0 Å². The topological polar surface area (TPSA) is 38.7 Å². The molecule has 3 unspecified atom stereocenters. The highest BCUT2D eigenvalue weighted by Crippen LogP contribution is 2.41. The van der Waals surface area contributed by atoms with Gasteiger partial charge in [0.25, 0.3) is 0 Å². The predicted octanol–water partition coefficient (Wildman–Crippen LogP) is 2.44. The lowest BCUT2D eigenvalue weighted by atomic mass is 9.86. The van der Waals surface area contributed by atoms with Crippen LogP contribution in [0.3, 0.4) is 0 Å². The highest BCUT2D eigenvalue weighted by molar-refractivity contribution is 5.38. The standard InChI is InChI=1S/C13H17FO3/c1-8(16-3)13(2)7-11(15)10-5-4-9(14)6-12(10)17-13/h4-6,8,11,15H,7H2,1-3H3.